The average Bonchev–Trinajstić information content (AvgIpc) is 2.42. The molecule has 21 heavy (non-hydrogen) atoms. The molecule has 1 aromatic rings. The fourth-order valence-corrected chi connectivity index (χ4v) is 2.34. The first-order chi connectivity index (χ1) is 9.68. The molecule has 0 amide bonds. The molecule has 118 valence electrons. The van der Waals surface area contributed by atoms with E-state index in [1.165, 1.54) is 5.57 Å². The topological polar surface area (TPSA) is 60.7 Å². The molecule has 1 unspecified atom stereocenters. The van der Waals surface area contributed by atoms with Crippen LogP contribution in [0.4, 0.5) is 0 Å². The number of aryl methyl sites for hydroxylation is 1. The van der Waals surface area contributed by atoms with Crippen molar-refractivity contribution in [3.8, 4) is 11.5 Å². The van der Waals surface area contributed by atoms with Gasteiger partial charge in [-0.25, -0.2) is 0 Å². The molecule has 0 radical (unpaired) electrons. The van der Waals surface area contributed by atoms with Gasteiger partial charge in [0, 0.05) is 5.56 Å². The number of phenols is 2. The lowest BCUT2D eigenvalue weighted by Gasteiger charge is -2.23. The molecular weight excluding hydrogens is 264 g/mol. The summed E-state index contributed by atoms with van der Waals surface area (Å²) in [6, 6.07) is 1.58. The SMILES string of the molecule is CC/C(C)=C/CC(C)(O)CCc1c(O)cc(C)c(O)c1C. The highest BCUT2D eigenvalue weighted by molar-refractivity contribution is 5.51. The Labute approximate surface area is 128 Å². The lowest BCUT2D eigenvalue weighted by molar-refractivity contribution is 0.0539. The zero-order valence-electron chi connectivity index (χ0n) is 13.8. The average molecular weight is 292 g/mol. The Bertz CT molecular complexity index is 528. The summed E-state index contributed by atoms with van der Waals surface area (Å²) in [5.74, 6) is 0.419. The Morgan fingerprint density at radius 3 is 2.48 bits per heavy atom. The van der Waals surface area contributed by atoms with Crippen molar-refractivity contribution in [2.24, 2.45) is 0 Å². The van der Waals surface area contributed by atoms with Crippen LogP contribution in [0.25, 0.3) is 0 Å². The summed E-state index contributed by atoms with van der Waals surface area (Å²) < 4.78 is 0. The van der Waals surface area contributed by atoms with Gasteiger partial charge in [-0.3, -0.25) is 0 Å². The minimum Gasteiger partial charge on any atom is -0.508 e. The predicted molar refractivity (Wildman–Crippen MR) is 86.9 cm³/mol. The maximum atomic E-state index is 10.4. The van der Waals surface area contributed by atoms with Gasteiger partial charge in [-0.05, 0) is 70.6 Å². The molecule has 1 rings (SSSR count). The molecule has 0 aromatic heterocycles. The molecule has 0 fully saturated rings. The molecule has 0 saturated heterocycles. The first kappa shape index (κ1) is 17.6. The summed E-state index contributed by atoms with van der Waals surface area (Å²) >= 11 is 0. The van der Waals surface area contributed by atoms with Crippen molar-refractivity contribution in [3.05, 3.63) is 34.4 Å². The predicted octanol–water partition coefficient (Wildman–Crippen LogP) is 4.14. The van der Waals surface area contributed by atoms with Crippen molar-refractivity contribution < 1.29 is 15.3 Å². The van der Waals surface area contributed by atoms with Crippen molar-refractivity contribution in [1.82, 2.24) is 0 Å². The maximum absolute atomic E-state index is 10.4. The van der Waals surface area contributed by atoms with Gasteiger partial charge in [0.05, 0.1) is 5.60 Å². The lowest BCUT2D eigenvalue weighted by atomic mass is 9.90. The number of aromatic hydroxyl groups is 2. The molecule has 3 N–H and O–H groups in total. The minimum atomic E-state index is -0.810. The lowest BCUT2D eigenvalue weighted by Crippen LogP contribution is -2.24. The Kier molecular flexibility index (Phi) is 5.85. The van der Waals surface area contributed by atoms with Crippen molar-refractivity contribution in [2.75, 3.05) is 0 Å². The summed E-state index contributed by atoms with van der Waals surface area (Å²) in [4.78, 5) is 0. The summed E-state index contributed by atoms with van der Waals surface area (Å²) in [5.41, 5.74) is 2.54. The van der Waals surface area contributed by atoms with E-state index in [1.54, 1.807) is 19.9 Å². The van der Waals surface area contributed by atoms with Gasteiger partial charge in [-0.1, -0.05) is 18.6 Å². The molecule has 0 saturated carbocycles. The van der Waals surface area contributed by atoms with Gasteiger partial charge in [0.25, 0.3) is 0 Å². The highest BCUT2D eigenvalue weighted by Gasteiger charge is 2.21. The smallest absolute Gasteiger partial charge is 0.121 e. The van der Waals surface area contributed by atoms with Crippen LogP contribution in [-0.2, 0) is 6.42 Å². The Morgan fingerprint density at radius 1 is 1.29 bits per heavy atom. The summed E-state index contributed by atoms with van der Waals surface area (Å²) in [7, 11) is 0. The third kappa shape index (κ3) is 4.78. The molecule has 3 nitrogen and oxygen atoms in total. The summed E-state index contributed by atoms with van der Waals surface area (Å²) in [6.45, 7) is 9.53. The first-order valence-corrected chi connectivity index (χ1v) is 7.57. The first-order valence-electron chi connectivity index (χ1n) is 7.57. The second-order valence-electron chi connectivity index (χ2n) is 6.27. The normalized spacial score (nSPS) is 15.0. The van der Waals surface area contributed by atoms with E-state index in [1.807, 2.05) is 6.92 Å². The number of hydrogen-bond donors (Lipinski definition) is 3. The molecule has 1 aromatic carbocycles. The zero-order chi connectivity index (χ0) is 16.2. The third-order valence-corrected chi connectivity index (χ3v) is 4.21. The van der Waals surface area contributed by atoms with Crippen LogP contribution in [0.2, 0.25) is 0 Å². The standard InChI is InChI=1S/C18H28O3/c1-6-12(2)7-9-18(5,21)10-8-15-14(4)17(20)13(3)11-16(15)19/h7,11,19-21H,6,8-10H2,1-5H3/b12-7+. The van der Waals surface area contributed by atoms with Crippen LogP contribution >= 0.6 is 0 Å². The van der Waals surface area contributed by atoms with Crippen LogP contribution in [-0.4, -0.2) is 20.9 Å². The number of benzene rings is 1. The zero-order valence-corrected chi connectivity index (χ0v) is 13.8. The molecule has 0 aliphatic rings. The van der Waals surface area contributed by atoms with Crippen molar-refractivity contribution >= 4 is 0 Å². The second kappa shape index (κ2) is 6.99. The van der Waals surface area contributed by atoms with E-state index in [9.17, 15) is 15.3 Å². The second-order valence-corrected chi connectivity index (χ2v) is 6.27. The van der Waals surface area contributed by atoms with Crippen molar-refractivity contribution in [3.63, 3.8) is 0 Å². The molecule has 0 bridgehead atoms. The molecule has 0 aliphatic carbocycles. The molecule has 0 aliphatic heterocycles. The Morgan fingerprint density at radius 2 is 1.90 bits per heavy atom. The van der Waals surface area contributed by atoms with Crippen LogP contribution in [0.15, 0.2) is 17.7 Å². The van der Waals surface area contributed by atoms with Crippen LogP contribution in [0, 0.1) is 13.8 Å². The summed E-state index contributed by atoms with van der Waals surface area (Å²) in [5, 5.41) is 30.4. The highest BCUT2D eigenvalue weighted by Crippen LogP contribution is 2.34. The van der Waals surface area contributed by atoms with E-state index < -0.39 is 5.60 Å². The molecule has 0 heterocycles. The Balaban J connectivity index is 2.82. The van der Waals surface area contributed by atoms with Crippen molar-refractivity contribution in [2.45, 2.75) is 65.9 Å². The van der Waals surface area contributed by atoms with Crippen LogP contribution in [0.5, 0.6) is 11.5 Å². The quantitative estimate of drug-likeness (QED) is 0.545. The number of hydrogen-bond acceptors (Lipinski definition) is 3. The highest BCUT2D eigenvalue weighted by atomic mass is 16.3. The fraction of sp³-hybridized carbons (Fsp3) is 0.556. The Hall–Kier alpha value is -1.48. The maximum Gasteiger partial charge on any atom is 0.121 e. The van der Waals surface area contributed by atoms with Gasteiger partial charge in [-0.2, -0.15) is 0 Å². The van der Waals surface area contributed by atoms with Gasteiger partial charge in [0.2, 0.25) is 0 Å². The van der Waals surface area contributed by atoms with Crippen molar-refractivity contribution in [1.29, 1.82) is 0 Å². The van der Waals surface area contributed by atoms with E-state index in [-0.39, 0.29) is 11.5 Å². The summed E-state index contributed by atoms with van der Waals surface area (Å²) in [6.07, 6.45) is 4.74. The van der Waals surface area contributed by atoms with Crippen LogP contribution in [0.1, 0.15) is 56.7 Å². The van der Waals surface area contributed by atoms with E-state index in [2.05, 4.69) is 19.9 Å². The number of phenolic OH excluding ortho intramolecular Hbond substituents is 2. The van der Waals surface area contributed by atoms with Gasteiger partial charge in [-0.15, -0.1) is 0 Å². The van der Waals surface area contributed by atoms with E-state index >= 15 is 0 Å². The van der Waals surface area contributed by atoms with Gasteiger partial charge >= 0.3 is 0 Å². The fourth-order valence-electron chi connectivity index (χ4n) is 2.34. The molecule has 3 heteroatoms. The minimum absolute atomic E-state index is 0.193. The number of rotatable bonds is 6. The van der Waals surface area contributed by atoms with Crippen LogP contribution < -0.4 is 0 Å². The van der Waals surface area contributed by atoms with Gasteiger partial charge < -0.3 is 15.3 Å². The monoisotopic (exact) mass is 292 g/mol. The van der Waals surface area contributed by atoms with Gasteiger partial charge in [0.15, 0.2) is 0 Å². The number of aliphatic hydroxyl groups is 1. The number of allylic oxidation sites excluding steroid dienone is 1. The van der Waals surface area contributed by atoms with E-state index in [0.29, 0.717) is 30.4 Å². The molecular formula is C18H28O3. The van der Waals surface area contributed by atoms with E-state index in [4.69, 9.17) is 0 Å². The third-order valence-electron chi connectivity index (χ3n) is 4.21. The van der Waals surface area contributed by atoms with Gasteiger partial charge in [0.1, 0.15) is 11.5 Å². The largest absolute Gasteiger partial charge is 0.508 e. The van der Waals surface area contributed by atoms with E-state index in [0.717, 1.165) is 12.0 Å². The van der Waals surface area contributed by atoms with Crippen LogP contribution in [0.3, 0.4) is 0 Å². The molecule has 0 spiro atoms. The molecule has 1 atom stereocenters.